The van der Waals surface area contributed by atoms with Gasteiger partial charge in [0.1, 0.15) is 5.82 Å². The first kappa shape index (κ1) is 9.93. The minimum atomic E-state index is 0.779. The molecule has 0 radical (unpaired) electrons. The van der Waals surface area contributed by atoms with Gasteiger partial charge in [-0.1, -0.05) is 17.7 Å². The lowest BCUT2D eigenvalue weighted by atomic mass is 10.2. The third kappa shape index (κ3) is 2.07. The molecule has 0 aliphatic heterocycles. The van der Waals surface area contributed by atoms with Crippen LogP contribution in [0.3, 0.4) is 0 Å². The van der Waals surface area contributed by atoms with Crippen LogP contribution in [0, 0.1) is 6.92 Å². The number of nitrogens with zero attached hydrogens (tertiary/aromatic N) is 2. The fourth-order valence-electron chi connectivity index (χ4n) is 1.56. The largest absolute Gasteiger partial charge is 0.313 e. The van der Waals surface area contributed by atoms with E-state index in [4.69, 9.17) is 0 Å². The number of imidazole rings is 1. The van der Waals surface area contributed by atoms with Crippen molar-refractivity contribution in [3.63, 3.8) is 0 Å². The fraction of sp³-hybridized carbons (Fsp3) is 0.250. The van der Waals surface area contributed by atoms with Gasteiger partial charge >= 0.3 is 0 Å². The molecule has 0 spiro atoms. The van der Waals surface area contributed by atoms with Crippen LogP contribution in [0.4, 0.5) is 0 Å². The molecule has 3 nitrogen and oxygen atoms in total. The van der Waals surface area contributed by atoms with Crippen molar-refractivity contribution in [1.29, 1.82) is 0 Å². The zero-order chi connectivity index (χ0) is 10.7. The maximum atomic E-state index is 4.31. The second kappa shape index (κ2) is 4.28. The molecule has 15 heavy (non-hydrogen) atoms. The zero-order valence-electron chi connectivity index (χ0n) is 9.07. The van der Waals surface area contributed by atoms with Gasteiger partial charge in [-0.3, -0.25) is 0 Å². The summed E-state index contributed by atoms with van der Waals surface area (Å²) >= 11 is 0. The minimum Gasteiger partial charge on any atom is -0.313 e. The van der Waals surface area contributed by atoms with E-state index in [0.717, 1.165) is 18.1 Å². The molecule has 78 valence electrons. The molecule has 1 N–H and O–H groups in total. The summed E-state index contributed by atoms with van der Waals surface area (Å²) < 4.78 is 2.09. The van der Waals surface area contributed by atoms with Crippen molar-refractivity contribution in [3.8, 4) is 5.69 Å². The van der Waals surface area contributed by atoms with Gasteiger partial charge in [-0.25, -0.2) is 4.98 Å². The molecule has 0 aliphatic carbocycles. The summed E-state index contributed by atoms with van der Waals surface area (Å²) in [6.45, 7) is 2.87. The van der Waals surface area contributed by atoms with E-state index < -0.39 is 0 Å². The van der Waals surface area contributed by atoms with Gasteiger partial charge in [0.05, 0.1) is 6.54 Å². The number of benzene rings is 1. The lowest BCUT2D eigenvalue weighted by molar-refractivity contribution is 0.742. The quantitative estimate of drug-likeness (QED) is 0.822. The molecule has 0 saturated heterocycles. The predicted molar refractivity (Wildman–Crippen MR) is 61.1 cm³/mol. The van der Waals surface area contributed by atoms with Gasteiger partial charge in [0.2, 0.25) is 0 Å². The molecule has 0 amide bonds. The molecule has 0 bridgehead atoms. The molecule has 1 aromatic heterocycles. The van der Waals surface area contributed by atoms with E-state index in [1.165, 1.54) is 5.56 Å². The second-order valence-electron chi connectivity index (χ2n) is 3.58. The molecule has 2 rings (SSSR count). The summed E-state index contributed by atoms with van der Waals surface area (Å²) in [7, 11) is 1.92. The Balaban J connectivity index is 2.36. The van der Waals surface area contributed by atoms with Crippen LogP contribution < -0.4 is 5.32 Å². The Morgan fingerprint density at radius 2 is 2.00 bits per heavy atom. The van der Waals surface area contributed by atoms with Crippen molar-refractivity contribution >= 4 is 0 Å². The second-order valence-corrected chi connectivity index (χ2v) is 3.58. The van der Waals surface area contributed by atoms with Crippen LogP contribution >= 0.6 is 0 Å². The molecule has 0 unspecified atom stereocenters. The smallest absolute Gasteiger partial charge is 0.127 e. The van der Waals surface area contributed by atoms with Crippen LogP contribution in [0.1, 0.15) is 11.4 Å². The number of nitrogens with one attached hydrogen (secondary N) is 1. The molecule has 0 fully saturated rings. The van der Waals surface area contributed by atoms with E-state index in [1.54, 1.807) is 0 Å². The van der Waals surface area contributed by atoms with Gasteiger partial charge in [0, 0.05) is 18.1 Å². The Morgan fingerprint density at radius 1 is 1.27 bits per heavy atom. The first-order valence-electron chi connectivity index (χ1n) is 5.05. The van der Waals surface area contributed by atoms with Gasteiger partial charge < -0.3 is 9.88 Å². The third-order valence-electron chi connectivity index (χ3n) is 2.36. The van der Waals surface area contributed by atoms with Crippen LogP contribution in [-0.4, -0.2) is 16.6 Å². The summed E-state index contributed by atoms with van der Waals surface area (Å²) in [5, 5.41) is 3.11. The van der Waals surface area contributed by atoms with Gasteiger partial charge in [0.15, 0.2) is 0 Å². The molecular formula is C12H15N3. The number of aromatic nitrogens is 2. The summed E-state index contributed by atoms with van der Waals surface area (Å²) in [4.78, 5) is 4.31. The van der Waals surface area contributed by atoms with Gasteiger partial charge in [0.25, 0.3) is 0 Å². The van der Waals surface area contributed by atoms with E-state index in [1.807, 2.05) is 19.4 Å². The SMILES string of the molecule is CNCc1nccn1-c1ccc(C)cc1. The summed E-state index contributed by atoms with van der Waals surface area (Å²) in [6, 6.07) is 8.43. The summed E-state index contributed by atoms with van der Waals surface area (Å²) in [6.07, 6.45) is 3.81. The van der Waals surface area contributed by atoms with Gasteiger partial charge in [-0.05, 0) is 26.1 Å². The summed E-state index contributed by atoms with van der Waals surface area (Å²) in [5.41, 5.74) is 2.43. The van der Waals surface area contributed by atoms with Crippen LogP contribution in [-0.2, 0) is 6.54 Å². The van der Waals surface area contributed by atoms with Crippen molar-refractivity contribution in [2.45, 2.75) is 13.5 Å². The Kier molecular flexibility index (Phi) is 2.83. The van der Waals surface area contributed by atoms with E-state index in [9.17, 15) is 0 Å². The van der Waals surface area contributed by atoms with Crippen molar-refractivity contribution in [1.82, 2.24) is 14.9 Å². The number of hydrogen-bond acceptors (Lipinski definition) is 2. The average Bonchev–Trinajstić information content (AvgIpc) is 2.68. The monoisotopic (exact) mass is 201 g/mol. The molecule has 2 aromatic rings. The van der Waals surface area contributed by atoms with E-state index in [2.05, 4.69) is 46.1 Å². The Hall–Kier alpha value is -1.61. The maximum Gasteiger partial charge on any atom is 0.127 e. The average molecular weight is 201 g/mol. The first-order chi connectivity index (χ1) is 7.31. The topological polar surface area (TPSA) is 29.9 Å². The highest BCUT2D eigenvalue weighted by atomic mass is 15.1. The lowest BCUT2D eigenvalue weighted by Gasteiger charge is -2.07. The van der Waals surface area contributed by atoms with Crippen LogP contribution in [0.2, 0.25) is 0 Å². The Labute approximate surface area is 89.8 Å². The zero-order valence-corrected chi connectivity index (χ0v) is 9.07. The Bertz CT molecular complexity index is 428. The van der Waals surface area contributed by atoms with Crippen molar-refractivity contribution < 1.29 is 0 Å². The third-order valence-corrected chi connectivity index (χ3v) is 2.36. The molecule has 0 saturated carbocycles. The minimum absolute atomic E-state index is 0.779. The Morgan fingerprint density at radius 3 is 2.67 bits per heavy atom. The lowest BCUT2D eigenvalue weighted by Crippen LogP contribution is -2.10. The highest BCUT2D eigenvalue weighted by Crippen LogP contribution is 2.11. The van der Waals surface area contributed by atoms with Crippen LogP contribution in [0.25, 0.3) is 5.69 Å². The van der Waals surface area contributed by atoms with Gasteiger partial charge in [-0.15, -0.1) is 0 Å². The van der Waals surface area contributed by atoms with Crippen LogP contribution in [0.15, 0.2) is 36.7 Å². The van der Waals surface area contributed by atoms with Crippen LogP contribution in [0.5, 0.6) is 0 Å². The van der Waals surface area contributed by atoms with Crippen molar-refractivity contribution in [3.05, 3.63) is 48.0 Å². The molecular weight excluding hydrogens is 186 g/mol. The fourth-order valence-corrected chi connectivity index (χ4v) is 1.56. The highest BCUT2D eigenvalue weighted by molar-refractivity contribution is 5.35. The molecule has 1 aromatic carbocycles. The molecule has 1 heterocycles. The number of hydrogen-bond donors (Lipinski definition) is 1. The number of rotatable bonds is 3. The highest BCUT2D eigenvalue weighted by Gasteiger charge is 2.02. The van der Waals surface area contributed by atoms with E-state index in [-0.39, 0.29) is 0 Å². The predicted octanol–water partition coefficient (Wildman–Crippen LogP) is 1.90. The van der Waals surface area contributed by atoms with Crippen molar-refractivity contribution in [2.24, 2.45) is 0 Å². The molecule has 0 aliphatic rings. The number of aryl methyl sites for hydroxylation is 1. The van der Waals surface area contributed by atoms with Crippen molar-refractivity contribution in [2.75, 3.05) is 7.05 Å². The standard InChI is InChI=1S/C12H15N3/c1-10-3-5-11(6-4-10)15-8-7-14-12(15)9-13-2/h3-8,13H,9H2,1-2H3. The maximum absolute atomic E-state index is 4.31. The summed E-state index contributed by atoms with van der Waals surface area (Å²) in [5.74, 6) is 1.03. The molecule has 0 atom stereocenters. The molecule has 3 heteroatoms. The van der Waals surface area contributed by atoms with E-state index >= 15 is 0 Å². The van der Waals surface area contributed by atoms with Gasteiger partial charge in [-0.2, -0.15) is 0 Å². The first-order valence-corrected chi connectivity index (χ1v) is 5.05. The normalized spacial score (nSPS) is 10.5. The van der Waals surface area contributed by atoms with E-state index in [0.29, 0.717) is 0 Å².